The average Bonchev–Trinajstić information content (AvgIpc) is 2.38. The predicted octanol–water partition coefficient (Wildman–Crippen LogP) is 0.447. The lowest BCUT2D eigenvalue weighted by molar-refractivity contribution is 0.0711. The minimum absolute atomic E-state index is 0.0395. The van der Waals surface area contributed by atoms with Crippen LogP contribution in [0.25, 0.3) is 0 Å². The second kappa shape index (κ2) is 5.93. The van der Waals surface area contributed by atoms with E-state index >= 15 is 0 Å². The van der Waals surface area contributed by atoms with Crippen molar-refractivity contribution in [2.24, 2.45) is 5.73 Å². The minimum Gasteiger partial charge on any atom is -0.334 e. The van der Waals surface area contributed by atoms with Gasteiger partial charge in [0.05, 0.1) is 11.5 Å². The molecule has 1 saturated heterocycles. The largest absolute Gasteiger partial charge is 0.334 e. The van der Waals surface area contributed by atoms with Gasteiger partial charge in [-0.05, 0) is 31.5 Å². The summed E-state index contributed by atoms with van der Waals surface area (Å²) in [4.78, 5) is 14.3. The van der Waals surface area contributed by atoms with Crippen LogP contribution >= 0.6 is 0 Å². The SMILES string of the molecule is CC1CS(=O)(=O)CCN1C(=O)c1ccccc1CCN. The number of sulfone groups is 1. The zero-order chi connectivity index (χ0) is 14.8. The van der Waals surface area contributed by atoms with Gasteiger partial charge in [0.1, 0.15) is 0 Å². The van der Waals surface area contributed by atoms with Gasteiger partial charge in [0.2, 0.25) is 0 Å². The molecule has 1 aromatic rings. The van der Waals surface area contributed by atoms with Gasteiger partial charge in [0.15, 0.2) is 9.84 Å². The van der Waals surface area contributed by atoms with Crippen molar-refractivity contribution in [3.63, 3.8) is 0 Å². The number of hydrogen-bond acceptors (Lipinski definition) is 4. The van der Waals surface area contributed by atoms with E-state index in [4.69, 9.17) is 5.73 Å². The molecule has 5 nitrogen and oxygen atoms in total. The lowest BCUT2D eigenvalue weighted by Crippen LogP contribution is -2.49. The lowest BCUT2D eigenvalue weighted by Gasteiger charge is -2.33. The fourth-order valence-electron chi connectivity index (χ4n) is 2.56. The maximum absolute atomic E-state index is 12.6. The monoisotopic (exact) mass is 296 g/mol. The van der Waals surface area contributed by atoms with Gasteiger partial charge < -0.3 is 10.6 Å². The van der Waals surface area contributed by atoms with Crippen LogP contribution in [-0.2, 0) is 16.3 Å². The van der Waals surface area contributed by atoms with Gasteiger partial charge in [-0.25, -0.2) is 8.42 Å². The summed E-state index contributed by atoms with van der Waals surface area (Å²) in [5.41, 5.74) is 7.11. The third-order valence-electron chi connectivity index (χ3n) is 3.59. The van der Waals surface area contributed by atoms with Crippen molar-refractivity contribution in [2.45, 2.75) is 19.4 Å². The molecule has 6 heteroatoms. The second-order valence-electron chi connectivity index (χ2n) is 5.16. The van der Waals surface area contributed by atoms with E-state index in [2.05, 4.69) is 0 Å². The molecule has 1 unspecified atom stereocenters. The molecule has 0 aliphatic carbocycles. The van der Waals surface area contributed by atoms with E-state index in [0.29, 0.717) is 18.5 Å². The summed E-state index contributed by atoms with van der Waals surface area (Å²) >= 11 is 0. The van der Waals surface area contributed by atoms with Gasteiger partial charge in [-0.15, -0.1) is 0 Å². The van der Waals surface area contributed by atoms with Crippen LogP contribution in [0.3, 0.4) is 0 Å². The molecule has 1 heterocycles. The first-order valence-electron chi connectivity index (χ1n) is 6.74. The lowest BCUT2D eigenvalue weighted by atomic mass is 10.0. The third kappa shape index (κ3) is 3.19. The number of nitrogens with zero attached hydrogens (tertiary/aromatic N) is 1. The molecule has 1 aliphatic rings. The first-order valence-corrected chi connectivity index (χ1v) is 8.56. The molecular weight excluding hydrogens is 276 g/mol. The van der Waals surface area contributed by atoms with Crippen LogP contribution in [0.4, 0.5) is 0 Å². The van der Waals surface area contributed by atoms with E-state index in [-0.39, 0.29) is 30.0 Å². The maximum Gasteiger partial charge on any atom is 0.254 e. The highest BCUT2D eigenvalue weighted by Crippen LogP contribution is 2.18. The van der Waals surface area contributed by atoms with Crippen LogP contribution in [0, 0.1) is 0 Å². The Morgan fingerprint density at radius 1 is 1.40 bits per heavy atom. The number of nitrogens with two attached hydrogens (primary N) is 1. The number of benzene rings is 1. The normalized spacial score (nSPS) is 21.7. The second-order valence-corrected chi connectivity index (χ2v) is 7.39. The van der Waals surface area contributed by atoms with E-state index in [0.717, 1.165) is 5.56 Å². The van der Waals surface area contributed by atoms with Crippen molar-refractivity contribution in [2.75, 3.05) is 24.6 Å². The molecule has 1 fully saturated rings. The Morgan fingerprint density at radius 3 is 2.75 bits per heavy atom. The predicted molar refractivity (Wildman–Crippen MR) is 78.4 cm³/mol. The molecule has 0 saturated carbocycles. The average molecular weight is 296 g/mol. The summed E-state index contributed by atoms with van der Waals surface area (Å²) < 4.78 is 23.2. The van der Waals surface area contributed by atoms with Crippen LogP contribution in [0.2, 0.25) is 0 Å². The van der Waals surface area contributed by atoms with E-state index in [9.17, 15) is 13.2 Å². The molecule has 2 rings (SSSR count). The van der Waals surface area contributed by atoms with Crippen molar-refractivity contribution < 1.29 is 13.2 Å². The van der Waals surface area contributed by atoms with Crippen molar-refractivity contribution in [3.8, 4) is 0 Å². The van der Waals surface area contributed by atoms with Crippen LogP contribution < -0.4 is 5.73 Å². The molecule has 110 valence electrons. The van der Waals surface area contributed by atoms with Gasteiger partial charge in [-0.3, -0.25) is 4.79 Å². The number of hydrogen-bond donors (Lipinski definition) is 1. The van der Waals surface area contributed by atoms with Gasteiger partial charge in [0.25, 0.3) is 5.91 Å². The maximum atomic E-state index is 12.6. The highest BCUT2D eigenvalue weighted by Gasteiger charge is 2.32. The Labute approximate surface area is 119 Å². The number of amides is 1. The Bertz CT molecular complexity index is 598. The number of rotatable bonds is 3. The van der Waals surface area contributed by atoms with Gasteiger partial charge >= 0.3 is 0 Å². The van der Waals surface area contributed by atoms with Gasteiger partial charge in [0, 0.05) is 18.2 Å². The highest BCUT2D eigenvalue weighted by molar-refractivity contribution is 7.91. The van der Waals surface area contributed by atoms with Crippen LogP contribution in [0.15, 0.2) is 24.3 Å². The van der Waals surface area contributed by atoms with Crippen molar-refractivity contribution in [1.82, 2.24) is 4.90 Å². The molecule has 2 N–H and O–H groups in total. The van der Waals surface area contributed by atoms with Gasteiger partial charge in [-0.2, -0.15) is 0 Å². The molecule has 1 aromatic carbocycles. The molecule has 0 aromatic heterocycles. The zero-order valence-electron chi connectivity index (χ0n) is 11.6. The van der Waals surface area contributed by atoms with Crippen molar-refractivity contribution >= 4 is 15.7 Å². The van der Waals surface area contributed by atoms with Crippen molar-refractivity contribution in [1.29, 1.82) is 0 Å². The molecule has 0 bridgehead atoms. The zero-order valence-corrected chi connectivity index (χ0v) is 12.4. The number of carbonyl (C=O) groups is 1. The molecule has 1 aliphatic heterocycles. The summed E-state index contributed by atoms with van der Waals surface area (Å²) in [6, 6.07) is 7.09. The highest BCUT2D eigenvalue weighted by atomic mass is 32.2. The quantitative estimate of drug-likeness (QED) is 0.878. The van der Waals surface area contributed by atoms with Crippen LogP contribution in [0.1, 0.15) is 22.8 Å². The molecule has 20 heavy (non-hydrogen) atoms. The third-order valence-corrected chi connectivity index (χ3v) is 5.39. The Balaban J connectivity index is 2.24. The van der Waals surface area contributed by atoms with Gasteiger partial charge in [-0.1, -0.05) is 18.2 Å². The Kier molecular flexibility index (Phi) is 4.45. The molecular formula is C14H20N2O3S. The molecule has 1 amide bonds. The molecule has 0 spiro atoms. The topological polar surface area (TPSA) is 80.5 Å². The van der Waals surface area contributed by atoms with E-state index in [1.54, 1.807) is 17.9 Å². The summed E-state index contributed by atoms with van der Waals surface area (Å²) in [6.07, 6.45) is 0.641. The summed E-state index contributed by atoms with van der Waals surface area (Å²) in [5.74, 6) is -0.0172. The molecule has 1 atom stereocenters. The molecule has 0 radical (unpaired) electrons. The van der Waals surface area contributed by atoms with E-state index in [1.165, 1.54) is 0 Å². The summed E-state index contributed by atoms with van der Waals surface area (Å²) in [5, 5.41) is 0. The smallest absolute Gasteiger partial charge is 0.254 e. The van der Waals surface area contributed by atoms with E-state index < -0.39 is 9.84 Å². The first kappa shape index (κ1) is 15.0. The van der Waals surface area contributed by atoms with Crippen LogP contribution in [0.5, 0.6) is 0 Å². The standard InChI is InChI=1S/C14H20N2O3S/c1-11-10-20(18,19)9-8-16(11)14(17)13-5-3-2-4-12(13)6-7-15/h2-5,11H,6-10,15H2,1H3. The van der Waals surface area contributed by atoms with Crippen LogP contribution in [-0.4, -0.2) is 49.9 Å². The summed E-state index contributed by atoms with van der Waals surface area (Å²) in [7, 11) is -3.01. The summed E-state index contributed by atoms with van der Waals surface area (Å²) in [6.45, 7) is 2.52. The Morgan fingerprint density at radius 2 is 2.10 bits per heavy atom. The fraction of sp³-hybridized carbons (Fsp3) is 0.500. The number of carbonyl (C=O) groups excluding carboxylic acids is 1. The minimum atomic E-state index is -3.01. The Hall–Kier alpha value is -1.40. The van der Waals surface area contributed by atoms with Crippen molar-refractivity contribution in [3.05, 3.63) is 35.4 Å². The van der Waals surface area contributed by atoms with E-state index in [1.807, 2.05) is 18.2 Å². The first-order chi connectivity index (χ1) is 9.44. The fourth-order valence-corrected chi connectivity index (χ4v) is 4.11.